The van der Waals surface area contributed by atoms with Crippen LogP contribution in [0.3, 0.4) is 0 Å². The molecule has 6 nitrogen and oxygen atoms in total. The van der Waals surface area contributed by atoms with Gasteiger partial charge in [0.05, 0.1) is 24.8 Å². The van der Waals surface area contributed by atoms with E-state index in [0.29, 0.717) is 6.54 Å². The lowest BCUT2D eigenvalue weighted by Gasteiger charge is -2.11. The number of rotatable bonds is 6. The Hall–Kier alpha value is -2.76. The maximum Gasteiger partial charge on any atom is 0.311 e. The molecular formula is C15H16N2O4. The van der Waals surface area contributed by atoms with Crippen molar-refractivity contribution in [3.05, 3.63) is 58.1 Å². The van der Waals surface area contributed by atoms with E-state index < -0.39 is 4.92 Å². The lowest BCUT2D eigenvalue weighted by atomic mass is 10.2. The first-order chi connectivity index (χ1) is 10.2. The molecule has 0 aromatic heterocycles. The molecule has 0 aliphatic rings. The number of hydrogen-bond donors (Lipinski definition) is 1. The Kier molecular flexibility index (Phi) is 4.61. The van der Waals surface area contributed by atoms with E-state index in [4.69, 9.17) is 9.47 Å². The Morgan fingerprint density at radius 2 is 1.81 bits per heavy atom. The van der Waals surface area contributed by atoms with Crippen LogP contribution in [-0.2, 0) is 6.54 Å². The van der Waals surface area contributed by atoms with E-state index in [1.807, 2.05) is 24.3 Å². The molecule has 110 valence electrons. The summed E-state index contributed by atoms with van der Waals surface area (Å²) in [6.45, 7) is 0.450. The fourth-order valence-corrected chi connectivity index (χ4v) is 1.98. The van der Waals surface area contributed by atoms with Crippen molar-refractivity contribution in [1.29, 1.82) is 0 Å². The highest BCUT2D eigenvalue weighted by atomic mass is 16.6. The lowest BCUT2D eigenvalue weighted by Crippen LogP contribution is -2.02. The fourth-order valence-electron chi connectivity index (χ4n) is 1.98. The van der Waals surface area contributed by atoms with Crippen LogP contribution in [0.5, 0.6) is 11.5 Å². The van der Waals surface area contributed by atoms with Crippen molar-refractivity contribution in [3.8, 4) is 11.5 Å². The number of nitrogens with zero attached hydrogens (tertiary/aromatic N) is 1. The highest BCUT2D eigenvalue weighted by Gasteiger charge is 2.15. The van der Waals surface area contributed by atoms with Gasteiger partial charge in [-0.1, -0.05) is 18.2 Å². The summed E-state index contributed by atoms with van der Waals surface area (Å²) >= 11 is 0. The van der Waals surface area contributed by atoms with Gasteiger partial charge in [-0.05, 0) is 23.8 Å². The number of nitro groups is 1. The third kappa shape index (κ3) is 3.42. The standard InChI is InChI=1S/C15H16N2O4/c1-20-14-6-4-3-5-12(14)16-10-11-7-8-15(21-2)13(9-11)17(18)19/h3-9,16H,10H2,1-2H3. The average molecular weight is 288 g/mol. The summed E-state index contributed by atoms with van der Waals surface area (Å²) < 4.78 is 10.2. The molecule has 0 amide bonds. The Morgan fingerprint density at radius 3 is 2.48 bits per heavy atom. The topological polar surface area (TPSA) is 73.6 Å². The van der Waals surface area contributed by atoms with Gasteiger partial charge in [-0.25, -0.2) is 0 Å². The molecule has 2 rings (SSSR count). The van der Waals surface area contributed by atoms with Crippen LogP contribution in [0.4, 0.5) is 11.4 Å². The molecule has 0 unspecified atom stereocenters. The van der Waals surface area contributed by atoms with Crippen molar-refractivity contribution < 1.29 is 14.4 Å². The summed E-state index contributed by atoms with van der Waals surface area (Å²) in [5.41, 5.74) is 1.57. The third-order valence-corrected chi connectivity index (χ3v) is 3.03. The van der Waals surface area contributed by atoms with Crippen molar-refractivity contribution in [1.82, 2.24) is 0 Å². The fraction of sp³-hybridized carbons (Fsp3) is 0.200. The molecule has 0 aliphatic heterocycles. The summed E-state index contributed by atoms with van der Waals surface area (Å²) in [5, 5.41) is 14.2. The number of anilines is 1. The van der Waals surface area contributed by atoms with E-state index in [0.717, 1.165) is 17.0 Å². The van der Waals surface area contributed by atoms with Gasteiger partial charge in [0.15, 0.2) is 5.75 Å². The first-order valence-corrected chi connectivity index (χ1v) is 6.34. The van der Waals surface area contributed by atoms with Gasteiger partial charge in [0, 0.05) is 12.6 Å². The minimum absolute atomic E-state index is 0.0446. The van der Waals surface area contributed by atoms with Gasteiger partial charge in [0.1, 0.15) is 5.75 Å². The van der Waals surface area contributed by atoms with Crippen molar-refractivity contribution in [2.24, 2.45) is 0 Å². The smallest absolute Gasteiger partial charge is 0.311 e. The molecule has 0 radical (unpaired) electrons. The predicted octanol–water partition coefficient (Wildman–Crippen LogP) is 3.22. The Morgan fingerprint density at radius 1 is 1.10 bits per heavy atom. The molecule has 6 heteroatoms. The molecule has 2 aromatic rings. The first kappa shape index (κ1) is 14.6. The second-order valence-electron chi connectivity index (χ2n) is 4.32. The highest BCUT2D eigenvalue weighted by molar-refractivity contribution is 5.57. The van der Waals surface area contributed by atoms with Crippen molar-refractivity contribution >= 4 is 11.4 Å². The van der Waals surface area contributed by atoms with Crippen LogP contribution in [0.1, 0.15) is 5.56 Å². The van der Waals surface area contributed by atoms with E-state index in [2.05, 4.69) is 5.32 Å². The Labute approximate surface area is 122 Å². The van der Waals surface area contributed by atoms with Gasteiger partial charge in [-0.15, -0.1) is 0 Å². The van der Waals surface area contributed by atoms with Crippen LogP contribution in [0, 0.1) is 10.1 Å². The number of benzene rings is 2. The molecule has 0 atom stereocenters. The maximum atomic E-state index is 11.0. The molecule has 0 saturated heterocycles. The van der Waals surface area contributed by atoms with Crippen LogP contribution in [0.25, 0.3) is 0 Å². The van der Waals surface area contributed by atoms with Crippen molar-refractivity contribution in [3.63, 3.8) is 0 Å². The average Bonchev–Trinajstić information content (AvgIpc) is 2.52. The molecule has 0 fully saturated rings. The minimum atomic E-state index is -0.453. The van der Waals surface area contributed by atoms with E-state index in [1.54, 1.807) is 19.2 Å². The van der Waals surface area contributed by atoms with Gasteiger partial charge in [-0.2, -0.15) is 0 Å². The van der Waals surface area contributed by atoms with Gasteiger partial charge in [0.25, 0.3) is 0 Å². The SMILES string of the molecule is COc1ccccc1NCc1ccc(OC)c([N+](=O)[O-])c1. The first-order valence-electron chi connectivity index (χ1n) is 6.34. The third-order valence-electron chi connectivity index (χ3n) is 3.03. The number of hydrogen-bond acceptors (Lipinski definition) is 5. The maximum absolute atomic E-state index is 11.0. The molecule has 0 heterocycles. The summed E-state index contributed by atoms with van der Waals surface area (Å²) in [7, 11) is 3.01. The van der Waals surface area contributed by atoms with Gasteiger partial charge < -0.3 is 14.8 Å². The zero-order chi connectivity index (χ0) is 15.2. The highest BCUT2D eigenvalue weighted by Crippen LogP contribution is 2.28. The van der Waals surface area contributed by atoms with Gasteiger partial charge in [-0.3, -0.25) is 10.1 Å². The molecule has 21 heavy (non-hydrogen) atoms. The van der Waals surface area contributed by atoms with Crippen LogP contribution in [-0.4, -0.2) is 19.1 Å². The monoisotopic (exact) mass is 288 g/mol. The minimum Gasteiger partial charge on any atom is -0.495 e. The lowest BCUT2D eigenvalue weighted by molar-refractivity contribution is -0.385. The van der Waals surface area contributed by atoms with Crippen LogP contribution >= 0.6 is 0 Å². The summed E-state index contributed by atoms with van der Waals surface area (Å²) in [6, 6.07) is 12.4. The molecule has 1 N–H and O–H groups in total. The normalized spacial score (nSPS) is 10.0. The number of nitrogens with one attached hydrogen (secondary N) is 1. The molecule has 2 aromatic carbocycles. The summed E-state index contributed by atoms with van der Waals surface area (Å²) in [5.74, 6) is 0.974. The predicted molar refractivity (Wildman–Crippen MR) is 80.0 cm³/mol. The van der Waals surface area contributed by atoms with E-state index in [1.165, 1.54) is 13.2 Å². The number of ether oxygens (including phenoxy) is 2. The summed E-state index contributed by atoms with van der Waals surface area (Å²) in [4.78, 5) is 10.5. The van der Waals surface area contributed by atoms with Crippen LogP contribution in [0.2, 0.25) is 0 Å². The number of para-hydroxylation sites is 2. The second kappa shape index (κ2) is 6.60. The van der Waals surface area contributed by atoms with Crippen molar-refractivity contribution in [2.45, 2.75) is 6.54 Å². The Balaban J connectivity index is 2.17. The zero-order valence-electron chi connectivity index (χ0n) is 11.8. The quantitative estimate of drug-likeness (QED) is 0.652. The van der Waals surface area contributed by atoms with Crippen molar-refractivity contribution in [2.75, 3.05) is 19.5 Å². The second-order valence-corrected chi connectivity index (χ2v) is 4.32. The molecule has 0 aliphatic carbocycles. The molecule has 0 saturated carbocycles. The van der Waals surface area contributed by atoms with Gasteiger partial charge >= 0.3 is 5.69 Å². The number of nitro benzene ring substituents is 1. The van der Waals surface area contributed by atoms with E-state index in [-0.39, 0.29) is 11.4 Å². The van der Waals surface area contributed by atoms with Gasteiger partial charge in [0.2, 0.25) is 0 Å². The van der Waals surface area contributed by atoms with Crippen LogP contribution < -0.4 is 14.8 Å². The molecular weight excluding hydrogens is 272 g/mol. The molecule has 0 spiro atoms. The summed E-state index contributed by atoms with van der Waals surface area (Å²) in [6.07, 6.45) is 0. The largest absolute Gasteiger partial charge is 0.495 e. The van der Waals surface area contributed by atoms with Crippen LogP contribution in [0.15, 0.2) is 42.5 Å². The molecule has 0 bridgehead atoms. The van der Waals surface area contributed by atoms with E-state index >= 15 is 0 Å². The van der Waals surface area contributed by atoms with E-state index in [9.17, 15) is 10.1 Å². The zero-order valence-corrected chi connectivity index (χ0v) is 11.8. The number of methoxy groups -OCH3 is 2. The Bertz CT molecular complexity index is 643.